The zero-order chi connectivity index (χ0) is 22.4. The third-order valence-corrected chi connectivity index (χ3v) is 5.98. The second-order valence-electron chi connectivity index (χ2n) is 6.11. The van der Waals surface area contributed by atoms with Gasteiger partial charge in [0.1, 0.15) is 11.5 Å². The van der Waals surface area contributed by atoms with Crippen LogP contribution in [0.5, 0.6) is 11.5 Å². The summed E-state index contributed by atoms with van der Waals surface area (Å²) in [4.78, 5) is 14.6. The maximum absolute atomic E-state index is 12.5. The number of carbonyl (C=O) groups excluding carboxylic acids is 1. The van der Waals surface area contributed by atoms with E-state index >= 15 is 0 Å². The third-order valence-electron chi connectivity index (χ3n) is 4.00. The van der Waals surface area contributed by atoms with Crippen LogP contribution in [-0.2, 0) is 10.0 Å². The average Bonchev–Trinajstić information content (AvgIpc) is 2.75. The lowest BCUT2D eigenvalue weighted by Crippen LogP contribution is -2.18. The van der Waals surface area contributed by atoms with E-state index in [0.29, 0.717) is 26.4 Å². The lowest BCUT2D eigenvalue weighted by Gasteiger charge is -2.09. The van der Waals surface area contributed by atoms with Crippen molar-refractivity contribution in [3.63, 3.8) is 0 Å². The summed E-state index contributed by atoms with van der Waals surface area (Å²) in [6.07, 6.45) is 1.24. The molecule has 31 heavy (non-hydrogen) atoms. The molecule has 0 atom stereocenters. The molecule has 0 bridgehead atoms. The Balaban J connectivity index is 1.77. The highest BCUT2D eigenvalue weighted by Gasteiger charge is 2.14. The fraction of sp³-hybridized carbons (Fsp3) is 0.0476. The number of hydrazone groups is 1. The maximum Gasteiger partial charge on any atom is 0.343 e. The van der Waals surface area contributed by atoms with Gasteiger partial charge in [0.25, 0.3) is 10.0 Å². The number of hydrogen-bond acceptors (Lipinski definition) is 6. The molecule has 0 aliphatic carbocycles. The highest BCUT2D eigenvalue weighted by atomic mass is 79.9. The lowest BCUT2D eigenvalue weighted by atomic mass is 10.2. The normalized spacial score (nSPS) is 11.3. The SMILES string of the molecule is COc1ccc(C(=O)Oc2ccc(Br)cc2C=NNS(=O)(=O)c2ccc(Cl)cc2)cc1. The van der Waals surface area contributed by atoms with Crippen LogP contribution in [0.1, 0.15) is 15.9 Å². The number of hydrogen-bond donors (Lipinski definition) is 1. The fourth-order valence-corrected chi connectivity index (χ4v) is 3.73. The minimum absolute atomic E-state index is 0.00875. The summed E-state index contributed by atoms with van der Waals surface area (Å²) in [5, 5.41) is 4.21. The standard InChI is InChI=1S/C21H16BrClN2O5S/c1-29-18-7-2-14(3-8-18)21(26)30-20-11-4-16(22)12-15(20)13-24-25-31(27,28)19-9-5-17(23)6-10-19/h2-13,25H,1H3. The molecule has 3 rings (SSSR count). The van der Waals surface area contributed by atoms with Crippen molar-refractivity contribution in [2.75, 3.05) is 7.11 Å². The van der Waals surface area contributed by atoms with Crippen molar-refractivity contribution in [2.45, 2.75) is 4.90 Å². The Bertz CT molecular complexity index is 1210. The van der Waals surface area contributed by atoms with Crippen LogP contribution in [0.3, 0.4) is 0 Å². The van der Waals surface area contributed by atoms with Crippen LogP contribution in [-0.4, -0.2) is 27.7 Å². The van der Waals surface area contributed by atoms with Gasteiger partial charge < -0.3 is 9.47 Å². The minimum atomic E-state index is -3.88. The van der Waals surface area contributed by atoms with Crippen LogP contribution in [0.15, 0.2) is 81.2 Å². The van der Waals surface area contributed by atoms with Gasteiger partial charge in [-0.15, -0.1) is 0 Å². The van der Waals surface area contributed by atoms with Crippen LogP contribution in [0.4, 0.5) is 0 Å². The summed E-state index contributed by atoms with van der Waals surface area (Å²) in [7, 11) is -2.35. The molecule has 0 heterocycles. The van der Waals surface area contributed by atoms with Gasteiger partial charge in [-0.3, -0.25) is 0 Å². The van der Waals surface area contributed by atoms with Gasteiger partial charge in [-0.25, -0.2) is 9.63 Å². The molecule has 0 fully saturated rings. The molecule has 3 aromatic rings. The van der Waals surface area contributed by atoms with E-state index in [1.165, 1.54) is 37.6 Å². The molecule has 0 aromatic heterocycles. The Kier molecular flexibility index (Phi) is 7.32. The summed E-state index contributed by atoms with van der Waals surface area (Å²) in [6, 6.07) is 17.0. The zero-order valence-electron chi connectivity index (χ0n) is 16.1. The highest BCUT2D eigenvalue weighted by molar-refractivity contribution is 9.10. The van der Waals surface area contributed by atoms with Crippen molar-refractivity contribution in [3.8, 4) is 11.5 Å². The summed E-state index contributed by atoms with van der Waals surface area (Å²) in [5.41, 5.74) is 0.713. The predicted octanol–water partition coefficient (Wildman–Crippen LogP) is 4.64. The van der Waals surface area contributed by atoms with Crippen LogP contribution in [0.25, 0.3) is 0 Å². The summed E-state index contributed by atoms with van der Waals surface area (Å²) >= 11 is 9.11. The highest BCUT2D eigenvalue weighted by Crippen LogP contribution is 2.23. The van der Waals surface area contributed by atoms with Gasteiger partial charge in [0.05, 0.1) is 23.8 Å². The largest absolute Gasteiger partial charge is 0.497 e. The van der Waals surface area contributed by atoms with Gasteiger partial charge in [0, 0.05) is 15.1 Å². The minimum Gasteiger partial charge on any atom is -0.497 e. The number of halogens is 2. The van der Waals surface area contributed by atoms with Crippen LogP contribution < -0.4 is 14.3 Å². The summed E-state index contributed by atoms with van der Waals surface area (Å²) < 4.78 is 35.9. The number of benzene rings is 3. The fourth-order valence-electron chi connectivity index (χ4n) is 2.43. The Hall–Kier alpha value is -2.88. The van der Waals surface area contributed by atoms with Gasteiger partial charge >= 0.3 is 5.97 Å². The third kappa shape index (κ3) is 6.06. The van der Waals surface area contributed by atoms with Gasteiger partial charge in [-0.2, -0.15) is 13.5 Å². The topological polar surface area (TPSA) is 94.1 Å². The molecule has 3 aromatic carbocycles. The van der Waals surface area contributed by atoms with Gasteiger partial charge in [-0.05, 0) is 66.7 Å². The van der Waals surface area contributed by atoms with E-state index in [1.54, 1.807) is 42.5 Å². The van der Waals surface area contributed by atoms with Crippen molar-refractivity contribution < 1.29 is 22.7 Å². The van der Waals surface area contributed by atoms with Gasteiger partial charge in [-0.1, -0.05) is 27.5 Å². The quantitative estimate of drug-likeness (QED) is 0.211. The number of nitrogens with one attached hydrogen (secondary N) is 1. The molecule has 7 nitrogen and oxygen atoms in total. The van der Waals surface area contributed by atoms with Crippen LogP contribution in [0.2, 0.25) is 5.02 Å². The second kappa shape index (κ2) is 9.95. The molecular weight excluding hydrogens is 508 g/mol. The summed E-state index contributed by atoms with van der Waals surface area (Å²) in [6.45, 7) is 0. The first kappa shape index (κ1) is 22.8. The molecule has 0 saturated heterocycles. The van der Waals surface area contributed by atoms with E-state index in [0.717, 1.165) is 0 Å². The zero-order valence-corrected chi connectivity index (χ0v) is 19.2. The molecule has 0 aliphatic rings. The molecule has 10 heteroatoms. The number of ether oxygens (including phenoxy) is 2. The van der Waals surface area contributed by atoms with Crippen molar-refractivity contribution in [1.29, 1.82) is 0 Å². The molecule has 160 valence electrons. The van der Waals surface area contributed by atoms with Crippen LogP contribution in [0, 0.1) is 0 Å². The molecule has 1 N–H and O–H groups in total. The molecule has 0 saturated carbocycles. The van der Waals surface area contributed by atoms with E-state index < -0.39 is 16.0 Å². The number of carbonyl (C=O) groups is 1. The number of nitrogens with zero attached hydrogens (tertiary/aromatic N) is 1. The van der Waals surface area contributed by atoms with E-state index in [9.17, 15) is 13.2 Å². The second-order valence-corrected chi connectivity index (χ2v) is 9.12. The molecule has 0 amide bonds. The molecule has 0 radical (unpaired) electrons. The van der Waals surface area contributed by atoms with E-state index in [-0.39, 0.29) is 10.6 Å². The lowest BCUT2D eigenvalue weighted by molar-refractivity contribution is 0.0734. The number of rotatable bonds is 7. The first-order chi connectivity index (χ1) is 14.8. The van der Waals surface area contributed by atoms with Crippen LogP contribution >= 0.6 is 27.5 Å². The molecule has 0 unspecified atom stereocenters. The molecular formula is C21H16BrClN2O5S. The van der Waals surface area contributed by atoms with Gasteiger partial charge in [0.2, 0.25) is 0 Å². The monoisotopic (exact) mass is 522 g/mol. The van der Waals surface area contributed by atoms with E-state index in [2.05, 4.69) is 25.9 Å². The average molecular weight is 524 g/mol. The van der Waals surface area contributed by atoms with Crippen molar-refractivity contribution in [3.05, 3.63) is 87.4 Å². The number of methoxy groups -OCH3 is 1. The maximum atomic E-state index is 12.5. The van der Waals surface area contributed by atoms with Crippen molar-refractivity contribution in [1.82, 2.24) is 4.83 Å². The van der Waals surface area contributed by atoms with Crippen molar-refractivity contribution >= 4 is 49.7 Å². The Labute approximate surface area is 192 Å². The number of sulfonamides is 1. The van der Waals surface area contributed by atoms with Crippen molar-refractivity contribution in [2.24, 2.45) is 5.10 Å². The Morgan fingerprint density at radius 1 is 1.06 bits per heavy atom. The summed E-state index contributed by atoms with van der Waals surface area (Å²) in [5.74, 6) is 0.237. The number of esters is 1. The molecule has 0 aliphatic heterocycles. The van der Waals surface area contributed by atoms with Gasteiger partial charge in [0.15, 0.2) is 0 Å². The first-order valence-corrected chi connectivity index (χ1v) is 11.4. The Morgan fingerprint density at radius 3 is 2.39 bits per heavy atom. The molecule has 0 spiro atoms. The van der Waals surface area contributed by atoms with E-state index in [4.69, 9.17) is 21.1 Å². The smallest absolute Gasteiger partial charge is 0.343 e. The van der Waals surface area contributed by atoms with E-state index in [1.807, 2.05) is 0 Å². The first-order valence-electron chi connectivity index (χ1n) is 8.75. The predicted molar refractivity (Wildman–Crippen MR) is 121 cm³/mol. The Morgan fingerprint density at radius 2 is 1.74 bits per heavy atom.